The van der Waals surface area contributed by atoms with Crippen LogP contribution in [0, 0.1) is 13.8 Å². The Morgan fingerprint density at radius 2 is 1.93 bits per heavy atom. The molecule has 7 heteroatoms. The van der Waals surface area contributed by atoms with Crippen LogP contribution >= 0.6 is 0 Å². The number of fused-ring (bicyclic) bond motifs is 2. The Balaban J connectivity index is 0.00000117. The van der Waals surface area contributed by atoms with Crippen LogP contribution in [-0.2, 0) is 0 Å². The molecular weight excluding hydrogens is 366 g/mol. The number of hydrogen-bond donors (Lipinski definition) is 2. The number of pyridine rings is 2. The zero-order chi connectivity index (χ0) is 21.0. The van der Waals surface area contributed by atoms with E-state index in [0.717, 1.165) is 27.6 Å². The fourth-order valence-corrected chi connectivity index (χ4v) is 2.93. The first-order valence-electron chi connectivity index (χ1n) is 8.87. The van der Waals surface area contributed by atoms with E-state index in [9.17, 15) is 4.79 Å². The van der Waals surface area contributed by atoms with Gasteiger partial charge in [-0.25, -0.2) is 4.99 Å². The number of carbonyl (C=O) groups excluding carboxylic acids is 1. The minimum absolute atomic E-state index is 0.00486. The number of aliphatic imine (C=N–C) groups is 1. The predicted octanol–water partition coefficient (Wildman–Crippen LogP) is 4.17. The Morgan fingerprint density at radius 3 is 2.72 bits per heavy atom. The first-order valence-corrected chi connectivity index (χ1v) is 8.87. The molecule has 0 radical (unpaired) electrons. The Hall–Kier alpha value is -4.00. The average molecular weight is 387 g/mol. The van der Waals surface area contributed by atoms with Crippen molar-refractivity contribution >= 4 is 39.4 Å². The lowest BCUT2D eigenvalue weighted by molar-refractivity contribution is 0.0976. The highest BCUT2D eigenvalue weighted by atomic mass is 16.3. The molecule has 0 aliphatic heterocycles. The molecule has 3 heterocycles. The van der Waals surface area contributed by atoms with E-state index in [1.54, 1.807) is 37.5 Å². The van der Waals surface area contributed by atoms with Gasteiger partial charge in [-0.3, -0.25) is 20.1 Å². The smallest absolute Gasteiger partial charge is 0.259 e. The third-order valence-corrected chi connectivity index (χ3v) is 4.16. The molecule has 0 aliphatic carbocycles. The lowest BCUT2D eigenvalue weighted by Gasteiger charge is -2.08. The topological polar surface area (TPSA) is 106 Å². The summed E-state index contributed by atoms with van der Waals surface area (Å²) in [5.74, 6) is 0.457. The Labute approximate surface area is 168 Å². The van der Waals surface area contributed by atoms with Crippen molar-refractivity contribution in [2.24, 2.45) is 10.7 Å². The molecule has 3 N–H and O–H groups in total. The Kier molecular flexibility index (Phi) is 5.69. The van der Waals surface area contributed by atoms with Crippen LogP contribution in [-0.4, -0.2) is 21.8 Å². The summed E-state index contributed by atoms with van der Waals surface area (Å²) < 4.78 is 5.54. The standard InChI is InChI=1S/C20H17N5O2.C2H4/c1-11-7-13-8-15(3-4-18(13)27-11)24-20(21)25-19(26)16-9-14-10-22-6-5-17(14)23-12(16)2;1-2/h3-10H,1-2H3,(H3,21,24,25,26);1-2H2. The maximum absolute atomic E-state index is 12.6. The quantitative estimate of drug-likeness (QED) is 0.305. The van der Waals surface area contributed by atoms with Crippen LogP contribution in [0.15, 0.2) is 71.4 Å². The molecule has 0 unspecified atom stereocenters. The normalized spacial score (nSPS) is 11.2. The summed E-state index contributed by atoms with van der Waals surface area (Å²) in [6, 6.07) is 10.9. The molecule has 1 amide bonds. The molecule has 29 heavy (non-hydrogen) atoms. The van der Waals surface area contributed by atoms with Gasteiger partial charge >= 0.3 is 0 Å². The van der Waals surface area contributed by atoms with E-state index in [1.165, 1.54) is 0 Å². The zero-order valence-corrected chi connectivity index (χ0v) is 16.3. The summed E-state index contributed by atoms with van der Waals surface area (Å²) in [5.41, 5.74) is 9.13. The molecule has 0 spiro atoms. The number of rotatable bonds is 2. The fraction of sp³-hybridized carbons (Fsp3) is 0.0909. The summed E-state index contributed by atoms with van der Waals surface area (Å²) in [4.78, 5) is 25.3. The average Bonchev–Trinajstić information content (AvgIpc) is 3.08. The molecule has 0 fully saturated rings. The first-order chi connectivity index (χ1) is 14.0. The van der Waals surface area contributed by atoms with Gasteiger partial charge in [0.25, 0.3) is 5.91 Å². The molecule has 0 aliphatic rings. The molecule has 3 aromatic heterocycles. The van der Waals surface area contributed by atoms with Crippen LogP contribution in [0.5, 0.6) is 0 Å². The van der Waals surface area contributed by atoms with Crippen molar-refractivity contribution in [3.63, 3.8) is 0 Å². The molecule has 7 nitrogen and oxygen atoms in total. The highest BCUT2D eigenvalue weighted by Gasteiger charge is 2.13. The minimum atomic E-state index is -0.368. The van der Waals surface area contributed by atoms with Gasteiger partial charge in [-0.2, -0.15) is 0 Å². The van der Waals surface area contributed by atoms with Gasteiger partial charge in [0, 0.05) is 23.2 Å². The van der Waals surface area contributed by atoms with Gasteiger partial charge in [-0.1, -0.05) is 0 Å². The van der Waals surface area contributed by atoms with Crippen LogP contribution in [0.4, 0.5) is 5.69 Å². The van der Waals surface area contributed by atoms with Crippen LogP contribution in [0.3, 0.4) is 0 Å². The van der Waals surface area contributed by atoms with Gasteiger partial charge in [0.05, 0.1) is 22.5 Å². The van der Waals surface area contributed by atoms with E-state index >= 15 is 0 Å². The van der Waals surface area contributed by atoms with E-state index < -0.39 is 0 Å². The van der Waals surface area contributed by atoms with Crippen LogP contribution < -0.4 is 11.1 Å². The molecule has 4 aromatic rings. The summed E-state index contributed by atoms with van der Waals surface area (Å²) in [6.07, 6.45) is 3.33. The number of nitrogens with one attached hydrogen (secondary N) is 1. The van der Waals surface area contributed by atoms with E-state index in [2.05, 4.69) is 33.4 Å². The number of aryl methyl sites for hydroxylation is 2. The number of nitrogens with two attached hydrogens (primary N) is 1. The molecule has 146 valence electrons. The summed E-state index contributed by atoms with van der Waals surface area (Å²) in [6.45, 7) is 9.66. The summed E-state index contributed by atoms with van der Waals surface area (Å²) in [5, 5.41) is 4.32. The molecule has 0 saturated heterocycles. The van der Waals surface area contributed by atoms with Crippen molar-refractivity contribution in [3.8, 4) is 0 Å². The van der Waals surface area contributed by atoms with Crippen LogP contribution in [0.1, 0.15) is 21.8 Å². The van der Waals surface area contributed by atoms with Crippen molar-refractivity contribution in [2.45, 2.75) is 13.8 Å². The van der Waals surface area contributed by atoms with E-state index in [1.807, 2.05) is 25.1 Å². The summed E-state index contributed by atoms with van der Waals surface area (Å²) >= 11 is 0. The van der Waals surface area contributed by atoms with Gasteiger partial charge in [-0.05, 0) is 50.2 Å². The van der Waals surface area contributed by atoms with Crippen molar-refractivity contribution in [3.05, 3.63) is 79.0 Å². The highest BCUT2D eigenvalue weighted by Crippen LogP contribution is 2.24. The summed E-state index contributed by atoms with van der Waals surface area (Å²) in [7, 11) is 0. The van der Waals surface area contributed by atoms with Crippen LogP contribution in [0.25, 0.3) is 21.9 Å². The minimum Gasteiger partial charge on any atom is -0.461 e. The van der Waals surface area contributed by atoms with Crippen molar-refractivity contribution in [2.75, 3.05) is 0 Å². The van der Waals surface area contributed by atoms with Gasteiger partial charge in [0.15, 0.2) is 0 Å². The van der Waals surface area contributed by atoms with Gasteiger partial charge in [0.2, 0.25) is 5.96 Å². The second kappa shape index (κ2) is 8.35. The maximum Gasteiger partial charge on any atom is 0.259 e. The van der Waals surface area contributed by atoms with Crippen molar-refractivity contribution < 1.29 is 9.21 Å². The number of aromatic nitrogens is 2. The second-order valence-electron chi connectivity index (χ2n) is 6.22. The van der Waals surface area contributed by atoms with E-state index in [4.69, 9.17) is 10.2 Å². The molecule has 0 atom stereocenters. The predicted molar refractivity (Wildman–Crippen MR) is 115 cm³/mol. The number of benzene rings is 1. The monoisotopic (exact) mass is 387 g/mol. The fourth-order valence-electron chi connectivity index (χ4n) is 2.93. The zero-order valence-electron chi connectivity index (χ0n) is 16.3. The maximum atomic E-state index is 12.6. The Bertz CT molecular complexity index is 1230. The molecule has 1 aromatic carbocycles. The molecule has 4 rings (SSSR count). The lowest BCUT2D eigenvalue weighted by Crippen LogP contribution is -2.37. The molecule has 0 saturated carbocycles. The number of furan rings is 1. The number of guanidine groups is 1. The third-order valence-electron chi connectivity index (χ3n) is 4.16. The second-order valence-corrected chi connectivity index (χ2v) is 6.22. The SMILES string of the molecule is C=C.Cc1cc2cc(N=C(N)NC(=O)c3cc4cnccc4nc3C)ccc2o1. The first kappa shape index (κ1) is 19.8. The van der Waals surface area contributed by atoms with Gasteiger partial charge in [-0.15, -0.1) is 13.2 Å². The number of carbonyl (C=O) groups is 1. The third kappa shape index (κ3) is 4.30. The van der Waals surface area contributed by atoms with E-state index in [0.29, 0.717) is 16.9 Å². The molecular formula is C22H21N5O2. The largest absolute Gasteiger partial charge is 0.461 e. The number of nitrogens with zero attached hydrogens (tertiary/aromatic N) is 3. The van der Waals surface area contributed by atoms with Gasteiger partial charge < -0.3 is 10.2 Å². The lowest BCUT2D eigenvalue weighted by atomic mass is 10.1. The molecule has 0 bridgehead atoms. The number of amides is 1. The van der Waals surface area contributed by atoms with Gasteiger partial charge in [0.1, 0.15) is 11.3 Å². The highest BCUT2D eigenvalue weighted by molar-refractivity contribution is 6.07. The van der Waals surface area contributed by atoms with Crippen molar-refractivity contribution in [1.29, 1.82) is 0 Å². The number of hydrogen-bond acceptors (Lipinski definition) is 5. The van der Waals surface area contributed by atoms with E-state index in [-0.39, 0.29) is 11.9 Å². The Morgan fingerprint density at radius 1 is 1.14 bits per heavy atom. The van der Waals surface area contributed by atoms with Crippen molar-refractivity contribution in [1.82, 2.24) is 15.3 Å². The van der Waals surface area contributed by atoms with Crippen LogP contribution in [0.2, 0.25) is 0 Å².